The minimum Gasteiger partial charge on any atom is -0.345 e. The lowest BCUT2D eigenvalue weighted by Crippen LogP contribution is -2.47. The zero-order chi connectivity index (χ0) is 15.6. The van der Waals surface area contributed by atoms with Crippen LogP contribution in [0.15, 0.2) is 29.2 Å². The third kappa shape index (κ3) is 3.42. The molecule has 0 spiro atoms. The molecule has 1 saturated heterocycles. The SMILES string of the molecule is CN1CCN(S(=O)(=O)c2cccc(C(=O)N(C)C)c2)CC1. The molecule has 0 bridgehead atoms. The van der Waals surface area contributed by atoms with Crippen LogP contribution in [0, 0.1) is 0 Å². The standard InChI is InChI=1S/C14H21N3O3S/c1-15(2)14(18)12-5-4-6-13(11-12)21(19,20)17-9-7-16(3)8-10-17/h4-6,11H,7-10H2,1-3H3. The Morgan fingerprint density at radius 2 is 1.76 bits per heavy atom. The van der Waals surface area contributed by atoms with Crippen molar-refractivity contribution in [2.75, 3.05) is 47.3 Å². The number of likely N-dealkylation sites (N-methyl/N-ethyl adjacent to an activating group) is 1. The van der Waals surface area contributed by atoms with Crippen molar-refractivity contribution in [2.45, 2.75) is 4.90 Å². The fourth-order valence-corrected chi connectivity index (χ4v) is 3.69. The van der Waals surface area contributed by atoms with Crippen molar-refractivity contribution >= 4 is 15.9 Å². The number of piperazine rings is 1. The van der Waals surface area contributed by atoms with Crippen LogP contribution in [0.2, 0.25) is 0 Å². The molecule has 0 unspecified atom stereocenters. The van der Waals surface area contributed by atoms with E-state index in [1.807, 2.05) is 7.05 Å². The van der Waals surface area contributed by atoms with Gasteiger partial charge in [0, 0.05) is 45.8 Å². The highest BCUT2D eigenvalue weighted by Crippen LogP contribution is 2.19. The first-order chi connectivity index (χ1) is 9.82. The van der Waals surface area contributed by atoms with Crippen molar-refractivity contribution < 1.29 is 13.2 Å². The fourth-order valence-electron chi connectivity index (χ4n) is 2.23. The third-order valence-electron chi connectivity index (χ3n) is 3.59. The van der Waals surface area contributed by atoms with E-state index in [2.05, 4.69) is 4.90 Å². The first kappa shape index (κ1) is 15.9. The van der Waals surface area contributed by atoms with E-state index in [1.165, 1.54) is 15.3 Å². The van der Waals surface area contributed by atoms with Gasteiger partial charge in [0.2, 0.25) is 10.0 Å². The highest BCUT2D eigenvalue weighted by atomic mass is 32.2. The molecule has 0 aromatic heterocycles. The van der Waals surface area contributed by atoms with Crippen molar-refractivity contribution in [3.8, 4) is 0 Å². The van der Waals surface area contributed by atoms with Gasteiger partial charge < -0.3 is 9.80 Å². The predicted molar refractivity (Wildman–Crippen MR) is 80.7 cm³/mol. The summed E-state index contributed by atoms with van der Waals surface area (Å²) >= 11 is 0. The fraction of sp³-hybridized carbons (Fsp3) is 0.500. The van der Waals surface area contributed by atoms with E-state index in [-0.39, 0.29) is 10.8 Å². The van der Waals surface area contributed by atoms with Gasteiger partial charge in [0.05, 0.1) is 4.90 Å². The van der Waals surface area contributed by atoms with Gasteiger partial charge in [-0.3, -0.25) is 4.79 Å². The van der Waals surface area contributed by atoms with Crippen molar-refractivity contribution in [1.82, 2.24) is 14.1 Å². The summed E-state index contributed by atoms with van der Waals surface area (Å²) in [5, 5.41) is 0. The second-order valence-corrected chi connectivity index (χ2v) is 7.37. The van der Waals surface area contributed by atoms with Crippen molar-refractivity contribution in [3.05, 3.63) is 29.8 Å². The summed E-state index contributed by atoms with van der Waals surface area (Å²) < 4.78 is 26.7. The largest absolute Gasteiger partial charge is 0.345 e. The van der Waals surface area contributed by atoms with Gasteiger partial charge in [-0.05, 0) is 25.2 Å². The number of amides is 1. The van der Waals surface area contributed by atoms with E-state index in [1.54, 1.807) is 32.3 Å². The molecule has 1 aromatic rings. The first-order valence-corrected chi connectivity index (χ1v) is 8.27. The summed E-state index contributed by atoms with van der Waals surface area (Å²) in [7, 11) is 1.73. The molecule has 1 aromatic carbocycles. The van der Waals surface area contributed by atoms with Crippen LogP contribution in [0.25, 0.3) is 0 Å². The van der Waals surface area contributed by atoms with Gasteiger partial charge >= 0.3 is 0 Å². The Morgan fingerprint density at radius 1 is 1.14 bits per heavy atom. The number of hydrogen-bond donors (Lipinski definition) is 0. The molecule has 0 N–H and O–H groups in total. The Kier molecular flexibility index (Phi) is 4.65. The molecule has 0 atom stereocenters. The average Bonchev–Trinajstić information content (AvgIpc) is 2.47. The Balaban J connectivity index is 2.28. The zero-order valence-corrected chi connectivity index (χ0v) is 13.4. The molecular formula is C14H21N3O3S. The molecule has 116 valence electrons. The van der Waals surface area contributed by atoms with Crippen LogP contribution in [0.5, 0.6) is 0 Å². The van der Waals surface area contributed by atoms with Crippen LogP contribution in [-0.4, -0.2) is 75.8 Å². The number of nitrogens with zero attached hydrogens (tertiary/aromatic N) is 3. The number of sulfonamides is 1. The maximum atomic E-state index is 12.6. The maximum absolute atomic E-state index is 12.6. The molecule has 21 heavy (non-hydrogen) atoms. The zero-order valence-electron chi connectivity index (χ0n) is 12.6. The van der Waals surface area contributed by atoms with Crippen molar-refractivity contribution in [2.24, 2.45) is 0 Å². The number of hydrogen-bond acceptors (Lipinski definition) is 4. The molecule has 1 fully saturated rings. The van der Waals surface area contributed by atoms with Crippen LogP contribution in [0.4, 0.5) is 0 Å². The van der Waals surface area contributed by atoms with Crippen LogP contribution in [0.1, 0.15) is 10.4 Å². The Hall–Kier alpha value is -1.44. The van der Waals surface area contributed by atoms with Crippen LogP contribution in [-0.2, 0) is 10.0 Å². The maximum Gasteiger partial charge on any atom is 0.253 e. The van der Waals surface area contributed by atoms with Crippen molar-refractivity contribution in [1.29, 1.82) is 0 Å². The van der Waals surface area contributed by atoms with Gasteiger partial charge in [-0.2, -0.15) is 4.31 Å². The highest BCUT2D eigenvalue weighted by Gasteiger charge is 2.27. The molecule has 0 saturated carbocycles. The summed E-state index contributed by atoms with van der Waals surface area (Å²) in [4.78, 5) is 15.7. The molecule has 0 radical (unpaired) electrons. The monoisotopic (exact) mass is 311 g/mol. The number of rotatable bonds is 3. The smallest absolute Gasteiger partial charge is 0.253 e. The van der Waals surface area contributed by atoms with E-state index in [0.29, 0.717) is 18.7 Å². The highest BCUT2D eigenvalue weighted by molar-refractivity contribution is 7.89. The van der Waals surface area contributed by atoms with E-state index >= 15 is 0 Å². The molecule has 2 rings (SSSR count). The van der Waals surface area contributed by atoms with Crippen LogP contribution >= 0.6 is 0 Å². The van der Waals surface area contributed by atoms with Crippen LogP contribution in [0.3, 0.4) is 0 Å². The second-order valence-electron chi connectivity index (χ2n) is 5.43. The van der Waals surface area contributed by atoms with Gasteiger partial charge in [0.25, 0.3) is 5.91 Å². The molecule has 7 heteroatoms. The van der Waals surface area contributed by atoms with E-state index < -0.39 is 10.0 Å². The summed E-state index contributed by atoms with van der Waals surface area (Å²) in [5.74, 6) is -0.203. The molecule has 0 aliphatic carbocycles. The predicted octanol–water partition coefficient (Wildman–Crippen LogP) is 0.325. The third-order valence-corrected chi connectivity index (χ3v) is 5.48. The Bertz CT molecular complexity index is 620. The van der Waals surface area contributed by atoms with E-state index in [9.17, 15) is 13.2 Å². The summed E-state index contributed by atoms with van der Waals surface area (Å²) in [6, 6.07) is 6.24. The van der Waals surface area contributed by atoms with Gasteiger partial charge in [-0.25, -0.2) is 8.42 Å². The van der Waals surface area contributed by atoms with Gasteiger partial charge in [-0.15, -0.1) is 0 Å². The summed E-state index contributed by atoms with van der Waals surface area (Å²) in [6.07, 6.45) is 0. The lowest BCUT2D eigenvalue weighted by atomic mass is 10.2. The number of benzene rings is 1. The molecule has 6 nitrogen and oxygen atoms in total. The molecule has 1 aliphatic rings. The molecule has 1 aliphatic heterocycles. The molecule has 1 heterocycles. The number of carbonyl (C=O) groups excluding carboxylic acids is 1. The van der Waals surface area contributed by atoms with E-state index in [0.717, 1.165) is 13.1 Å². The second kappa shape index (κ2) is 6.13. The van der Waals surface area contributed by atoms with Crippen LogP contribution < -0.4 is 0 Å². The molecular weight excluding hydrogens is 290 g/mol. The topological polar surface area (TPSA) is 60.9 Å². The average molecular weight is 311 g/mol. The quantitative estimate of drug-likeness (QED) is 0.807. The van der Waals surface area contributed by atoms with Crippen molar-refractivity contribution in [3.63, 3.8) is 0 Å². The minimum absolute atomic E-state index is 0.180. The lowest BCUT2D eigenvalue weighted by molar-refractivity contribution is 0.0827. The van der Waals surface area contributed by atoms with Gasteiger partial charge in [-0.1, -0.05) is 6.07 Å². The Morgan fingerprint density at radius 3 is 2.33 bits per heavy atom. The van der Waals surface area contributed by atoms with Gasteiger partial charge in [0.1, 0.15) is 0 Å². The molecule has 1 amide bonds. The normalized spacial score (nSPS) is 17.7. The summed E-state index contributed by atoms with van der Waals surface area (Å²) in [6.45, 7) is 2.39. The number of carbonyl (C=O) groups is 1. The summed E-state index contributed by atoms with van der Waals surface area (Å²) in [5.41, 5.74) is 0.384. The van der Waals surface area contributed by atoms with E-state index in [4.69, 9.17) is 0 Å². The Labute approximate surface area is 126 Å². The lowest BCUT2D eigenvalue weighted by Gasteiger charge is -2.31. The van der Waals surface area contributed by atoms with Gasteiger partial charge in [0.15, 0.2) is 0 Å². The first-order valence-electron chi connectivity index (χ1n) is 6.83. The minimum atomic E-state index is -3.53.